The third-order valence-corrected chi connectivity index (χ3v) is 3.78. The van der Waals surface area contributed by atoms with Crippen molar-refractivity contribution in [1.82, 2.24) is 0 Å². The van der Waals surface area contributed by atoms with Crippen molar-refractivity contribution in [2.24, 2.45) is 0 Å². The van der Waals surface area contributed by atoms with Crippen molar-refractivity contribution < 1.29 is 4.74 Å². The number of allylic oxidation sites excluding steroid dienone is 1. The van der Waals surface area contributed by atoms with Gasteiger partial charge < -0.3 is 4.74 Å². The van der Waals surface area contributed by atoms with Crippen LogP contribution in [0.2, 0.25) is 19.6 Å². The summed E-state index contributed by atoms with van der Waals surface area (Å²) in [5.74, 6) is 4.10. The van der Waals surface area contributed by atoms with Gasteiger partial charge in [-0.05, 0) is 49.6 Å². The van der Waals surface area contributed by atoms with Crippen LogP contribution in [0.4, 0.5) is 0 Å². The molecule has 0 amide bonds. The number of rotatable bonds is 2. The molecule has 0 bridgehead atoms. The van der Waals surface area contributed by atoms with Gasteiger partial charge >= 0.3 is 0 Å². The number of ether oxygens (including phenoxy) is 1. The van der Waals surface area contributed by atoms with Gasteiger partial charge in [-0.15, -0.1) is 5.54 Å². The number of benzene rings is 1. The highest BCUT2D eigenvalue weighted by atomic mass is 79.9. The van der Waals surface area contributed by atoms with Gasteiger partial charge in [0.15, 0.2) is 0 Å². The van der Waals surface area contributed by atoms with E-state index < -0.39 is 8.07 Å². The predicted molar refractivity (Wildman–Crippen MR) is 88.9 cm³/mol. The summed E-state index contributed by atoms with van der Waals surface area (Å²) in [5.41, 5.74) is 5.37. The summed E-state index contributed by atoms with van der Waals surface area (Å²) >= 11 is 6.92. The maximum Gasteiger partial charge on any atom is 0.129 e. The maximum atomic E-state index is 5.24. The normalized spacial score (nSPS) is 10.3. The Kier molecular flexibility index (Phi) is 5.70. The third kappa shape index (κ3) is 5.01. The van der Waals surface area contributed by atoms with Crippen LogP contribution >= 0.6 is 31.9 Å². The molecule has 0 radical (unpaired) electrons. The van der Waals surface area contributed by atoms with E-state index in [1.165, 1.54) is 0 Å². The Morgan fingerprint density at radius 2 is 1.89 bits per heavy atom. The molecule has 0 unspecified atom stereocenters. The lowest BCUT2D eigenvalue weighted by Gasteiger charge is -2.07. The van der Waals surface area contributed by atoms with E-state index in [-0.39, 0.29) is 0 Å². The molecule has 18 heavy (non-hydrogen) atoms. The minimum absolute atomic E-state index is 0.834. The molecule has 1 aromatic carbocycles. The van der Waals surface area contributed by atoms with Gasteiger partial charge in [0.2, 0.25) is 0 Å². The fourth-order valence-corrected chi connectivity index (χ4v) is 2.41. The first-order chi connectivity index (χ1) is 8.33. The van der Waals surface area contributed by atoms with Gasteiger partial charge in [0.05, 0.1) is 16.1 Å². The van der Waals surface area contributed by atoms with Crippen LogP contribution in [0.3, 0.4) is 0 Å². The summed E-state index contributed by atoms with van der Waals surface area (Å²) in [6, 6.07) is 7.90. The molecule has 1 nitrogen and oxygen atoms in total. The van der Waals surface area contributed by atoms with Gasteiger partial charge in [-0.3, -0.25) is 0 Å². The van der Waals surface area contributed by atoms with Crippen LogP contribution in [0.15, 0.2) is 27.7 Å². The van der Waals surface area contributed by atoms with E-state index in [0.29, 0.717) is 0 Å². The van der Waals surface area contributed by atoms with Crippen LogP contribution in [0.25, 0.3) is 5.57 Å². The monoisotopic (exact) mass is 386 g/mol. The van der Waals surface area contributed by atoms with Gasteiger partial charge in [0.25, 0.3) is 0 Å². The van der Waals surface area contributed by atoms with E-state index in [9.17, 15) is 0 Å². The number of hydrogen-bond acceptors (Lipinski definition) is 1. The molecule has 0 aliphatic rings. The van der Waals surface area contributed by atoms with Crippen LogP contribution in [0.1, 0.15) is 5.56 Å². The van der Waals surface area contributed by atoms with Gasteiger partial charge in [-0.25, -0.2) is 0 Å². The summed E-state index contributed by atoms with van der Waals surface area (Å²) in [6.07, 6.45) is 0. The summed E-state index contributed by atoms with van der Waals surface area (Å²) < 4.78 is 6.11. The molecule has 0 aromatic heterocycles. The van der Waals surface area contributed by atoms with Crippen molar-refractivity contribution in [2.45, 2.75) is 19.6 Å². The minimum Gasteiger partial charge on any atom is -0.497 e. The average molecular weight is 388 g/mol. The van der Waals surface area contributed by atoms with Gasteiger partial charge in [0, 0.05) is 0 Å². The molecule has 96 valence electrons. The Labute approximate surface area is 127 Å². The molecule has 0 spiro atoms. The highest BCUT2D eigenvalue weighted by Crippen LogP contribution is 2.29. The summed E-state index contributed by atoms with van der Waals surface area (Å²) in [5, 5.41) is 0. The first-order valence-corrected chi connectivity index (χ1v) is 10.6. The molecule has 0 saturated carbocycles. The Balaban J connectivity index is 3.22. The molecule has 0 N–H and O–H groups in total. The van der Waals surface area contributed by atoms with E-state index in [1.54, 1.807) is 7.11 Å². The zero-order valence-electron chi connectivity index (χ0n) is 11.0. The van der Waals surface area contributed by atoms with Crippen LogP contribution in [-0.4, -0.2) is 15.2 Å². The molecule has 0 heterocycles. The van der Waals surface area contributed by atoms with Crippen molar-refractivity contribution >= 4 is 45.5 Å². The van der Waals surface area contributed by atoms with Crippen LogP contribution in [0.5, 0.6) is 5.75 Å². The molecule has 4 heteroatoms. The minimum atomic E-state index is -1.39. The smallest absolute Gasteiger partial charge is 0.129 e. The van der Waals surface area contributed by atoms with Crippen molar-refractivity contribution in [3.05, 3.63) is 33.2 Å². The predicted octanol–water partition coefficient (Wildman–Crippen LogP) is 5.03. The van der Waals surface area contributed by atoms with E-state index in [2.05, 4.69) is 63.0 Å². The molecular weight excluding hydrogens is 372 g/mol. The number of hydrogen-bond donors (Lipinski definition) is 0. The first kappa shape index (κ1) is 15.6. The summed E-state index contributed by atoms with van der Waals surface area (Å²) in [6.45, 7) is 6.68. The highest BCUT2D eigenvalue weighted by Gasteiger charge is 2.10. The molecule has 0 atom stereocenters. The summed E-state index contributed by atoms with van der Waals surface area (Å²) in [4.78, 5) is 0. The molecule has 0 fully saturated rings. The van der Waals surface area contributed by atoms with Gasteiger partial charge in [-0.1, -0.05) is 37.7 Å². The Morgan fingerprint density at radius 3 is 2.39 bits per heavy atom. The van der Waals surface area contributed by atoms with Crippen molar-refractivity contribution in [1.29, 1.82) is 0 Å². The van der Waals surface area contributed by atoms with Crippen LogP contribution < -0.4 is 4.74 Å². The fraction of sp³-hybridized carbons (Fsp3) is 0.286. The van der Waals surface area contributed by atoms with E-state index in [1.807, 2.05) is 24.3 Å². The summed E-state index contributed by atoms with van der Waals surface area (Å²) in [7, 11) is 0.277. The Morgan fingerprint density at radius 1 is 1.22 bits per heavy atom. The first-order valence-electron chi connectivity index (χ1n) is 5.56. The number of halogens is 2. The maximum absolute atomic E-state index is 5.24. The van der Waals surface area contributed by atoms with Crippen molar-refractivity contribution in [3.8, 4) is 17.2 Å². The zero-order valence-corrected chi connectivity index (χ0v) is 15.1. The molecule has 0 saturated heterocycles. The SMILES string of the molecule is COc1cccc(C(C#C[Si](C)(C)C)=C(Br)Br)c1. The second kappa shape index (κ2) is 6.60. The Bertz CT molecular complexity index is 515. The van der Waals surface area contributed by atoms with E-state index >= 15 is 0 Å². The van der Waals surface area contributed by atoms with Gasteiger partial charge in [0.1, 0.15) is 13.8 Å². The van der Waals surface area contributed by atoms with Gasteiger partial charge in [-0.2, -0.15) is 0 Å². The molecule has 0 aliphatic heterocycles. The topological polar surface area (TPSA) is 9.23 Å². The second-order valence-corrected chi connectivity index (χ2v) is 12.3. The standard InChI is InChI=1S/C14H16Br2OSi/c1-17-12-7-5-6-11(10-12)13(14(15)16)8-9-18(2,3)4/h5-7,10H,1-4H3. The van der Waals surface area contributed by atoms with Crippen molar-refractivity contribution in [2.75, 3.05) is 7.11 Å². The second-order valence-electron chi connectivity index (χ2n) is 4.87. The molecular formula is C14H16Br2OSi. The quantitative estimate of drug-likeness (QED) is 0.510. The number of methoxy groups -OCH3 is 1. The van der Waals surface area contributed by atoms with E-state index in [4.69, 9.17) is 4.74 Å². The van der Waals surface area contributed by atoms with Crippen molar-refractivity contribution in [3.63, 3.8) is 0 Å². The average Bonchev–Trinajstić information content (AvgIpc) is 2.27. The van der Waals surface area contributed by atoms with Crippen LogP contribution in [-0.2, 0) is 0 Å². The lowest BCUT2D eigenvalue weighted by molar-refractivity contribution is 0.414. The molecule has 1 rings (SSSR count). The van der Waals surface area contributed by atoms with Crippen LogP contribution in [0, 0.1) is 11.5 Å². The fourth-order valence-electron chi connectivity index (χ4n) is 1.26. The third-order valence-electron chi connectivity index (χ3n) is 2.11. The molecule has 1 aromatic rings. The molecule has 0 aliphatic carbocycles. The largest absolute Gasteiger partial charge is 0.497 e. The lowest BCUT2D eigenvalue weighted by atomic mass is 10.1. The highest BCUT2D eigenvalue weighted by molar-refractivity contribution is 9.28. The lowest BCUT2D eigenvalue weighted by Crippen LogP contribution is -2.16. The Hall–Kier alpha value is -0.503. The van der Waals surface area contributed by atoms with E-state index in [0.717, 1.165) is 20.3 Å². The zero-order chi connectivity index (χ0) is 13.8.